The standard InChI is InChI=1S/C11H15N3O4S/c1-12-11-14-7(4-19-11)6-3-13-9(10(17)18)5(6)2-8(15)16/h4-6,9,13H,2-3H2,1H3,(H,12,14)(H,15,16)(H,17,18)/t5-,6-,9-/m0/s1. The maximum Gasteiger partial charge on any atom is 0.321 e. The first-order chi connectivity index (χ1) is 9.02. The van der Waals surface area contributed by atoms with Gasteiger partial charge in [0.1, 0.15) is 6.04 Å². The van der Waals surface area contributed by atoms with E-state index < -0.39 is 23.9 Å². The van der Waals surface area contributed by atoms with Crippen LogP contribution in [0.2, 0.25) is 0 Å². The molecular weight excluding hydrogens is 270 g/mol. The summed E-state index contributed by atoms with van der Waals surface area (Å²) in [7, 11) is 1.75. The maximum atomic E-state index is 11.1. The van der Waals surface area contributed by atoms with Crippen molar-refractivity contribution in [2.24, 2.45) is 5.92 Å². The Morgan fingerprint density at radius 2 is 2.32 bits per heavy atom. The first-order valence-corrected chi connectivity index (χ1v) is 6.72. The number of anilines is 1. The van der Waals surface area contributed by atoms with Crippen LogP contribution < -0.4 is 10.6 Å². The highest BCUT2D eigenvalue weighted by Crippen LogP contribution is 2.35. The van der Waals surface area contributed by atoms with Crippen LogP contribution in [-0.4, -0.2) is 46.8 Å². The maximum absolute atomic E-state index is 11.1. The Morgan fingerprint density at radius 3 is 2.84 bits per heavy atom. The van der Waals surface area contributed by atoms with E-state index in [1.54, 1.807) is 7.05 Å². The van der Waals surface area contributed by atoms with Crippen molar-refractivity contribution in [3.8, 4) is 0 Å². The summed E-state index contributed by atoms with van der Waals surface area (Å²) < 4.78 is 0. The van der Waals surface area contributed by atoms with Gasteiger partial charge in [-0.05, 0) is 0 Å². The number of carboxylic acids is 2. The summed E-state index contributed by atoms with van der Waals surface area (Å²) in [5, 5.41) is 26.4. The van der Waals surface area contributed by atoms with Crippen LogP contribution in [0.25, 0.3) is 0 Å². The molecular formula is C11H15N3O4S. The molecule has 2 rings (SSSR count). The first kappa shape index (κ1) is 13.8. The van der Waals surface area contributed by atoms with E-state index in [0.717, 1.165) is 10.8 Å². The van der Waals surface area contributed by atoms with Crippen molar-refractivity contribution in [2.75, 3.05) is 18.9 Å². The van der Waals surface area contributed by atoms with Gasteiger partial charge in [0.15, 0.2) is 5.13 Å². The summed E-state index contributed by atoms with van der Waals surface area (Å²) in [6.07, 6.45) is -0.180. The van der Waals surface area contributed by atoms with E-state index in [1.165, 1.54) is 11.3 Å². The van der Waals surface area contributed by atoms with Gasteiger partial charge in [0.25, 0.3) is 0 Å². The number of carboxylic acid groups (broad SMARTS) is 2. The highest BCUT2D eigenvalue weighted by molar-refractivity contribution is 7.13. The Labute approximate surface area is 113 Å². The van der Waals surface area contributed by atoms with Crippen LogP contribution in [0.4, 0.5) is 5.13 Å². The molecule has 0 bridgehead atoms. The minimum atomic E-state index is -1.02. The van der Waals surface area contributed by atoms with Gasteiger partial charge in [-0.3, -0.25) is 9.59 Å². The minimum absolute atomic E-state index is 0.180. The normalized spacial score (nSPS) is 26.3. The van der Waals surface area contributed by atoms with Crippen LogP contribution in [0.3, 0.4) is 0 Å². The molecule has 1 saturated heterocycles. The number of aromatic nitrogens is 1. The largest absolute Gasteiger partial charge is 0.481 e. The number of nitrogens with one attached hydrogen (secondary N) is 2. The van der Waals surface area contributed by atoms with E-state index >= 15 is 0 Å². The molecule has 104 valence electrons. The highest BCUT2D eigenvalue weighted by Gasteiger charge is 2.42. The third-order valence-electron chi connectivity index (χ3n) is 3.29. The van der Waals surface area contributed by atoms with Gasteiger partial charge in [0.2, 0.25) is 0 Å². The molecule has 0 saturated carbocycles. The van der Waals surface area contributed by atoms with Gasteiger partial charge in [-0.2, -0.15) is 0 Å². The molecule has 7 nitrogen and oxygen atoms in total. The van der Waals surface area contributed by atoms with E-state index in [9.17, 15) is 9.59 Å². The molecule has 1 aliphatic heterocycles. The zero-order chi connectivity index (χ0) is 14.0. The molecule has 0 aliphatic carbocycles. The lowest BCUT2D eigenvalue weighted by atomic mass is 9.86. The molecule has 0 spiro atoms. The summed E-state index contributed by atoms with van der Waals surface area (Å²) in [5.41, 5.74) is 0.747. The third-order valence-corrected chi connectivity index (χ3v) is 4.17. The fourth-order valence-corrected chi connectivity index (χ4v) is 3.15. The van der Waals surface area contributed by atoms with Crippen LogP contribution in [0.1, 0.15) is 18.0 Å². The van der Waals surface area contributed by atoms with Gasteiger partial charge < -0.3 is 20.8 Å². The van der Waals surface area contributed by atoms with Crippen molar-refractivity contribution in [1.82, 2.24) is 10.3 Å². The predicted octanol–water partition coefficient (Wildman–Crippen LogP) is 0.416. The molecule has 2 heterocycles. The zero-order valence-corrected chi connectivity index (χ0v) is 11.1. The molecule has 1 aliphatic rings. The molecule has 4 N–H and O–H groups in total. The number of nitrogens with zero attached hydrogens (tertiary/aromatic N) is 1. The van der Waals surface area contributed by atoms with E-state index in [-0.39, 0.29) is 12.3 Å². The third kappa shape index (κ3) is 2.85. The summed E-state index contributed by atoms with van der Waals surface area (Å²) in [6, 6.07) is -0.833. The summed E-state index contributed by atoms with van der Waals surface area (Å²) in [6.45, 7) is 0.432. The summed E-state index contributed by atoms with van der Waals surface area (Å²) >= 11 is 1.42. The van der Waals surface area contributed by atoms with Crippen LogP contribution in [0.15, 0.2) is 5.38 Å². The van der Waals surface area contributed by atoms with Gasteiger partial charge in [-0.25, -0.2) is 4.98 Å². The van der Waals surface area contributed by atoms with E-state index in [2.05, 4.69) is 15.6 Å². The molecule has 0 amide bonds. The van der Waals surface area contributed by atoms with Gasteiger partial charge in [0.05, 0.1) is 12.1 Å². The SMILES string of the molecule is CNc1nc([C@H]2CN[C@H](C(=O)O)[C@H]2CC(=O)O)cs1. The van der Waals surface area contributed by atoms with Crippen molar-refractivity contribution in [3.63, 3.8) is 0 Å². The van der Waals surface area contributed by atoms with Gasteiger partial charge >= 0.3 is 11.9 Å². The summed E-state index contributed by atoms with van der Waals surface area (Å²) in [4.78, 5) is 26.4. The van der Waals surface area contributed by atoms with Crippen molar-refractivity contribution in [2.45, 2.75) is 18.4 Å². The zero-order valence-electron chi connectivity index (χ0n) is 10.3. The topological polar surface area (TPSA) is 112 Å². The Bertz CT molecular complexity index is 490. The van der Waals surface area contributed by atoms with Gasteiger partial charge in [-0.15, -0.1) is 11.3 Å². The van der Waals surface area contributed by atoms with E-state index in [0.29, 0.717) is 6.54 Å². The Kier molecular flexibility index (Phi) is 4.01. The molecule has 1 aromatic heterocycles. The molecule has 0 radical (unpaired) electrons. The van der Waals surface area contributed by atoms with E-state index in [1.807, 2.05) is 5.38 Å². The van der Waals surface area contributed by atoms with Crippen molar-refractivity contribution in [3.05, 3.63) is 11.1 Å². The second-order valence-corrected chi connectivity index (χ2v) is 5.28. The lowest BCUT2D eigenvalue weighted by molar-refractivity contribution is -0.142. The fraction of sp³-hybridized carbons (Fsp3) is 0.545. The first-order valence-electron chi connectivity index (χ1n) is 5.84. The van der Waals surface area contributed by atoms with E-state index in [4.69, 9.17) is 10.2 Å². The molecule has 8 heteroatoms. The number of carbonyl (C=O) groups is 2. The fourth-order valence-electron chi connectivity index (χ4n) is 2.42. The molecule has 0 unspecified atom stereocenters. The van der Waals surface area contributed by atoms with Crippen LogP contribution >= 0.6 is 11.3 Å². The lowest BCUT2D eigenvalue weighted by Crippen LogP contribution is -2.36. The molecule has 3 atom stereocenters. The predicted molar refractivity (Wildman–Crippen MR) is 69.6 cm³/mol. The second-order valence-electron chi connectivity index (χ2n) is 4.42. The van der Waals surface area contributed by atoms with Gasteiger partial charge in [0, 0.05) is 30.8 Å². The van der Waals surface area contributed by atoms with Crippen LogP contribution in [0.5, 0.6) is 0 Å². The summed E-state index contributed by atoms with van der Waals surface area (Å²) in [5.74, 6) is -2.68. The average Bonchev–Trinajstić information content (AvgIpc) is 2.93. The van der Waals surface area contributed by atoms with Crippen molar-refractivity contribution in [1.29, 1.82) is 0 Å². The molecule has 1 aromatic rings. The highest BCUT2D eigenvalue weighted by atomic mass is 32.1. The Balaban J connectivity index is 2.23. The number of aliphatic carboxylic acids is 2. The minimum Gasteiger partial charge on any atom is -0.481 e. The molecule has 1 fully saturated rings. The number of thiazole rings is 1. The smallest absolute Gasteiger partial charge is 0.321 e. The quantitative estimate of drug-likeness (QED) is 0.620. The Hall–Kier alpha value is -1.67. The van der Waals surface area contributed by atoms with Crippen LogP contribution in [0, 0.1) is 5.92 Å². The number of rotatable bonds is 5. The van der Waals surface area contributed by atoms with Crippen LogP contribution in [-0.2, 0) is 9.59 Å². The second kappa shape index (κ2) is 5.54. The van der Waals surface area contributed by atoms with Gasteiger partial charge in [-0.1, -0.05) is 0 Å². The monoisotopic (exact) mass is 285 g/mol. The number of hydrogen-bond donors (Lipinski definition) is 4. The molecule has 19 heavy (non-hydrogen) atoms. The van der Waals surface area contributed by atoms with Crippen molar-refractivity contribution >= 4 is 28.4 Å². The number of hydrogen-bond acceptors (Lipinski definition) is 6. The van der Waals surface area contributed by atoms with Crippen molar-refractivity contribution < 1.29 is 19.8 Å². The Morgan fingerprint density at radius 1 is 1.58 bits per heavy atom. The average molecular weight is 285 g/mol. The lowest BCUT2D eigenvalue weighted by Gasteiger charge is -2.18. The molecule has 0 aromatic carbocycles.